The SMILES string of the molecule is CCOC(=O)c1cnn(C)c1Nc1ncccn1. The van der Waals surface area contributed by atoms with Crippen molar-refractivity contribution in [2.75, 3.05) is 11.9 Å². The number of aromatic nitrogens is 4. The molecule has 0 atom stereocenters. The molecule has 0 saturated carbocycles. The molecule has 2 rings (SSSR count). The van der Waals surface area contributed by atoms with Gasteiger partial charge in [0.2, 0.25) is 5.95 Å². The highest BCUT2D eigenvalue weighted by atomic mass is 16.5. The molecule has 0 saturated heterocycles. The Kier molecular flexibility index (Phi) is 3.52. The Hall–Kier alpha value is -2.44. The first-order valence-electron chi connectivity index (χ1n) is 5.45. The summed E-state index contributed by atoms with van der Waals surface area (Å²) in [6.45, 7) is 2.07. The zero-order valence-corrected chi connectivity index (χ0v) is 10.1. The van der Waals surface area contributed by atoms with Crippen LogP contribution in [0.1, 0.15) is 17.3 Å². The van der Waals surface area contributed by atoms with E-state index in [1.54, 1.807) is 32.4 Å². The fraction of sp³-hybridized carbons (Fsp3) is 0.273. The van der Waals surface area contributed by atoms with Gasteiger partial charge < -0.3 is 10.1 Å². The third-order valence-corrected chi connectivity index (χ3v) is 2.23. The highest BCUT2D eigenvalue weighted by molar-refractivity contribution is 5.95. The highest BCUT2D eigenvalue weighted by Crippen LogP contribution is 2.18. The summed E-state index contributed by atoms with van der Waals surface area (Å²) >= 11 is 0. The van der Waals surface area contributed by atoms with Crippen LogP contribution in [0.15, 0.2) is 24.7 Å². The maximum absolute atomic E-state index is 11.7. The van der Waals surface area contributed by atoms with Crippen LogP contribution >= 0.6 is 0 Å². The number of nitrogens with one attached hydrogen (secondary N) is 1. The molecule has 0 amide bonds. The van der Waals surface area contributed by atoms with Crippen molar-refractivity contribution in [2.45, 2.75) is 6.92 Å². The van der Waals surface area contributed by atoms with E-state index in [9.17, 15) is 4.79 Å². The van der Waals surface area contributed by atoms with Crippen LogP contribution < -0.4 is 5.32 Å². The monoisotopic (exact) mass is 247 g/mol. The van der Waals surface area contributed by atoms with Crippen LogP contribution in [0.5, 0.6) is 0 Å². The minimum Gasteiger partial charge on any atom is -0.462 e. The predicted octanol–water partition coefficient (Wildman–Crippen LogP) is 1.13. The molecule has 2 heterocycles. The fourth-order valence-corrected chi connectivity index (χ4v) is 1.41. The molecule has 1 N–H and O–H groups in total. The number of nitrogens with zero attached hydrogens (tertiary/aromatic N) is 4. The lowest BCUT2D eigenvalue weighted by Gasteiger charge is -2.07. The van der Waals surface area contributed by atoms with Crippen molar-refractivity contribution in [3.8, 4) is 0 Å². The van der Waals surface area contributed by atoms with Crippen LogP contribution in [-0.2, 0) is 11.8 Å². The van der Waals surface area contributed by atoms with Gasteiger partial charge in [-0.15, -0.1) is 0 Å². The average molecular weight is 247 g/mol. The summed E-state index contributed by atoms with van der Waals surface area (Å²) < 4.78 is 6.48. The lowest BCUT2D eigenvalue weighted by Crippen LogP contribution is -2.09. The van der Waals surface area contributed by atoms with Crippen LogP contribution in [0.3, 0.4) is 0 Å². The van der Waals surface area contributed by atoms with E-state index in [2.05, 4.69) is 20.4 Å². The van der Waals surface area contributed by atoms with Gasteiger partial charge in [0.05, 0.1) is 12.8 Å². The van der Waals surface area contributed by atoms with Gasteiger partial charge in [-0.05, 0) is 13.0 Å². The Balaban J connectivity index is 2.27. The largest absolute Gasteiger partial charge is 0.462 e. The summed E-state index contributed by atoms with van der Waals surface area (Å²) in [7, 11) is 1.72. The summed E-state index contributed by atoms with van der Waals surface area (Å²) in [5, 5.41) is 6.95. The van der Waals surface area contributed by atoms with E-state index < -0.39 is 5.97 Å². The number of hydrogen-bond donors (Lipinski definition) is 1. The summed E-state index contributed by atoms with van der Waals surface area (Å²) in [6, 6.07) is 1.71. The van der Waals surface area contributed by atoms with Crippen molar-refractivity contribution in [1.82, 2.24) is 19.7 Å². The van der Waals surface area contributed by atoms with Gasteiger partial charge in [-0.1, -0.05) is 0 Å². The second-order valence-corrected chi connectivity index (χ2v) is 3.45. The third kappa shape index (κ3) is 2.45. The number of ether oxygens (including phenoxy) is 1. The van der Waals surface area contributed by atoms with Crippen molar-refractivity contribution < 1.29 is 9.53 Å². The van der Waals surface area contributed by atoms with Crippen molar-refractivity contribution in [2.24, 2.45) is 7.05 Å². The Morgan fingerprint density at radius 1 is 1.44 bits per heavy atom. The third-order valence-electron chi connectivity index (χ3n) is 2.23. The maximum Gasteiger partial charge on any atom is 0.343 e. The average Bonchev–Trinajstić information content (AvgIpc) is 2.73. The first kappa shape index (κ1) is 12.0. The first-order chi connectivity index (χ1) is 8.72. The van der Waals surface area contributed by atoms with Crippen molar-refractivity contribution in [3.63, 3.8) is 0 Å². The highest BCUT2D eigenvalue weighted by Gasteiger charge is 2.17. The van der Waals surface area contributed by atoms with Gasteiger partial charge in [0.25, 0.3) is 0 Å². The van der Waals surface area contributed by atoms with E-state index in [-0.39, 0.29) is 0 Å². The molecule has 0 aliphatic heterocycles. The molecule has 0 bridgehead atoms. The molecule has 0 aliphatic carbocycles. The lowest BCUT2D eigenvalue weighted by molar-refractivity contribution is 0.0527. The second-order valence-electron chi connectivity index (χ2n) is 3.45. The molecule has 0 aliphatic rings. The molecule has 2 aromatic rings. The predicted molar refractivity (Wildman–Crippen MR) is 64.5 cm³/mol. The molecule has 0 spiro atoms. The zero-order chi connectivity index (χ0) is 13.0. The number of anilines is 2. The Morgan fingerprint density at radius 3 is 2.83 bits per heavy atom. The number of hydrogen-bond acceptors (Lipinski definition) is 6. The van der Waals surface area contributed by atoms with Crippen LogP contribution in [-0.4, -0.2) is 32.3 Å². The molecule has 7 nitrogen and oxygen atoms in total. The van der Waals surface area contributed by atoms with Gasteiger partial charge in [-0.2, -0.15) is 5.10 Å². The first-order valence-corrected chi connectivity index (χ1v) is 5.45. The summed E-state index contributed by atoms with van der Waals surface area (Å²) in [5.41, 5.74) is 0.354. The molecule has 0 aromatic carbocycles. The molecule has 0 unspecified atom stereocenters. The van der Waals surface area contributed by atoms with Crippen molar-refractivity contribution in [3.05, 3.63) is 30.2 Å². The topological polar surface area (TPSA) is 81.9 Å². The zero-order valence-electron chi connectivity index (χ0n) is 10.1. The molecule has 0 radical (unpaired) electrons. The van der Waals surface area contributed by atoms with Gasteiger partial charge in [-0.3, -0.25) is 4.68 Å². The van der Waals surface area contributed by atoms with Gasteiger partial charge in [0, 0.05) is 19.4 Å². The number of carbonyl (C=O) groups is 1. The Labute approximate surface area is 104 Å². The number of aryl methyl sites for hydroxylation is 1. The number of esters is 1. The van der Waals surface area contributed by atoms with Gasteiger partial charge in [0.15, 0.2) is 0 Å². The van der Waals surface area contributed by atoms with Crippen LogP contribution in [0.2, 0.25) is 0 Å². The number of rotatable bonds is 4. The second kappa shape index (κ2) is 5.26. The van der Waals surface area contributed by atoms with E-state index in [0.29, 0.717) is 23.9 Å². The lowest BCUT2D eigenvalue weighted by atomic mass is 10.3. The Bertz CT molecular complexity index is 538. The van der Waals surface area contributed by atoms with E-state index in [4.69, 9.17) is 4.74 Å². The summed E-state index contributed by atoms with van der Waals surface area (Å²) in [6.07, 6.45) is 4.66. The van der Waals surface area contributed by atoms with Crippen LogP contribution in [0.25, 0.3) is 0 Å². The standard InChI is InChI=1S/C11H13N5O2/c1-3-18-10(17)8-7-14-16(2)9(8)15-11-12-5-4-6-13-11/h4-7H,3H2,1-2H3,(H,12,13,15). The normalized spacial score (nSPS) is 10.1. The van der Waals surface area contributed by atoms with E-state index in [1.807, 2.05) is 0 Å². The molecule has 94 valence electrons. The van der Waals surface area contributed by atoms with Gasteiger partial charge in [0.1, 0.15) is 11.4 Å². The smallest absolute Gasteiger partial charge is 0.343 e. The molecule has 2 aromatic heterocycles. The van der Waals surface area contributed by atoms with E-state index in [0.717, 1.165) is 0 Å². The van der Waals surface area contributed by atoms with Gasteiger partial charge in [-0.25, -0.2) is 14.8 Å². The minimum absolute atomic E-state index is 0.314. The maximum atomic E-state index is 11.7. The van der Waals surface area contributed by atoms with E-state index in [1.165, 1.54) is 10.9 Å². The molecular formula is C11H13N5O2. The summed E-state index contributed by atoms with van der Waals surface area (Å²) in [5.74, 6) is 0.468. The molecule has 0 fully saturated rings. The minimum atomic E-state index is -0.427. The Morgan fingerprint density at radius 2 is 2.17 bits per heavy atom. The van der Waals surface area contributed by atoms with Crippen molar-refractivity contribution in [1.29, 1.82) is 0 Å². The van der Waals surface area contributed by atoms with Crippen LogP contribution in [0, 0.1) is 0 Å². The number of carbonyl (C=O) groups excluding carboxylic acids is 1. The summed E-state index contributed by atoms with van der Waals surface area (Å²) in [4.78, 5) is 19.8. The molecular weight excluding hydrogens is 234 g/mol. The molecule has 18 heavy (non-hydrogen) atoms. The van der Waals surface area contributed by atoms with Crippen LogP contribution in [0.4, 0.5) is 11.8 Å². The quantitative estimate of drug-likeness (QED) is 0.815. The van der Waals surface area contributed by atoms with Gasteiger partial charge >= 0.3 is 5.97 Å². The van der Waals surface area contributed by atoms with Crippen molar-refractivity contribution >= 4 is 17.7 Å². The fourth-order valence-electron chi connectivity index (χ4n) is 1.41. The molecule has 7 heteroatoms. The van der Waals surface area contributed by atoms with E-state index >= 15 is 0 Å².